The summed E-state index contributed by atoms with van der Waals surface area (Å²) in [5.74, 6) is -0.663. The summed E-state index contributed by atoms with van der Waals surface area (Å²) in [6, 6.07) is 24.2. The quantitative estimate of drug-likeness (QED) is 0.687. The van der Waals surface area contributed by atoms with Gasteiger partial charge in [-0.25, -0.2) is 4.39 Å². The van der Waals surface area contributed by atoms with Crippen LogP contribution in [0.1, 0.15) is 29.7 Å². The van der Waals surface area contributed by atoms with Crippen LogP contribution < -0.4 is 10.6 Å². The van der Waals surface area contributed by atoms with Crippen molar-refractivity contribution in [1.29, 1.82) is 0 Å². The average molecular weight is 363 g/mol. The van der Waals surface area contributed by atoms with Crippen LogP contribution in [0.2, 0.25) is 0 Å². The molecule has 0 spiro atoms. The SMILES string of the molecule is Cc1ccc([C@@H]([NH2+][C@H](C)C(=O)Nc2ccccc2F)c2ccccc2)cc1. The largest absolute Gasteiger partial charge is 0.326 e. The topological polar surface area (TPSA) is 45.7 Å². The van der Waals surface area contributed by atoms with Crippen molar-refractivity contribution >= 4 is 11.6 Å². The third-order valence-electron chi connectivity index (χ3n) is 4.62. The van der Waals surface area contributed by atoms with E-state index < -0.39 is 11.9 Å². The first kappa shape index (κ1) is 18.8. The number of hydrogen-bond acceptors (Lipinski definition) is 1. The van der Waals surface area contributed by atoms with Crippen LogP contribution in [0.25, 0.3) is 0 Å². The number of quaternary nitrogens is 1. The molecule has 27 heavy (non-hydrogen) atoms. The van der Waals surface area contributed by atoms with Crippen LogP contribution in [0.15, 0.2) is 78.9 Å². The van der Waals surface area contributed by atoms with Gasteiger partial charge in [0.1, 0.15) is 11.9 Å². The van der Waals surface area contributed by atoms with E-state index in [0.29, 0.717) is 0 Å². The molecule has 0 heterocycles. The highest BCUT2D eigenvalue weighted by molar-refractivity contribution is 5.93. The Morgan fingerprint density at radius 1 is 0.889 bits per heavy atom. The molecule has 0 aromatic heterocycles. The van der Waals surface area contributed by atoms with E-state index >= 15 is 0 Å². The minimum Gasteiger partial charge on any atom is -0.326 e. The van der Waals surface area contributed by atoms with Crippen molar-refractivity contribution in [2.75, 3.05) is 5.32 Å². The van der Waals surface area contributed by atoms with E-state index in [1.54, 1.807) is 18.2 Å². The summed E-state index contributed by atoms with van der Waals surface area (Å²) in [5, 5.41) is 4.69. The van der Waals surface area contributed by atoms with Crippen molar-refractivity contribution in [2.45, 2.75) is 25.9 Å². The molecule has 0 fully saturated rings. The molecule has 0 aliphatic heterocycles. The van der Waals surface area contributed by atoms with Gasteiger partial charge in [-0.1, -0.05) is 72.3 Å². The summed E-state index contributed by atoms with van der Waals surface area (Å²) < 4.78 is 13.8. The predicted molar refractivity (Wildman–Crippen MR) is 106 cm³/mol. The van der Waals surface area contributed by atoms with Crippen LogP contribution in [0, 0.1) is 12.7 Å². The number of anilines is 1. The Morgan fingerprint density at radius 2 is 1.48 bits per heavy atom. The normalized spacial score (nSPS) is 13.0. The van der Waals surface area contributed by atoms with E-state index in [2.05, 4.69) is 48.6 Å². The highest BCUT2D eigenvalue weighted by Crippen LogP contribution is 2.19. The van der Waals surface area contributed by atoms with Gasteiger partial charge in [0.2, 0.25) is 0 Å². The molecule has 3 rings (SSSR count). The first-order valence-electron chi connectivity index (χ1n) is 9.06. The summed E-state index contributed by atoms with van der Waals surface area (Å²) in [5.41, 5.74) is 3.63. The molecule has 3 aromatic rings. The molecule has 4 heteroatoms. The summed E-state index contributed by atoms with van der Waals surface area (Å²) in [7, 11) is 0. The number of hydrogen-bond donors (Lipinski definition) is 2. The molecule has 0 aliphatic rings. The van der Waals surface area contributed by atoms with Gasteiger partial charge in [0.05, 0.1) is 5.69 Å². The van der Waals surface area contributed by atoms with E-state index in [-0.39, 0.29) is 17.6 Å². The lowest BCUT2D eigenvalue weighted by molar-refractivity contribution is -0.704. The molecule has 1 amide bonds. The second-order valence-electron chi connectivity index (χ2n) is 6.75. The van der Waals surface area contributed by atoms with E-state index in [4.69, 9.17) is 0 Å². The summed E-state index contributed by atoms with van der Waals surface area (Å²) >= 11 is 0. The molecule has 3 nitrogen and oxygen atoms in total. The van der Waals surface area contributed by atoms with Gasteiger partial charge in [-0.15, -0.1) is 0 Å². The van der Waals surface area contributed by atoms with Gasteiger partial charge in [0.25, 0.3) is 5.91 Å². The lowest BCUT2D eigenvalue weighted by Crippen LogP contribution is -2.92. The fourth-order valence-corrected chi connectivity index (χ4v) is 3.03. The van der Waals surface area contributed by atoms with Crippen LogP contribution in [-0.2, 0) is 4.79 Å². The second-order valence-corrected chi connectivity index (χ2v) is 6.75. The first-order valence-corrected chi connectivity index (χ1v) is 9.06. The fourth-order valence-electron chi connectivity index (χ4n) is 3.03. The second kappa shape index (κ2) is 8.60. The molecule has 138 valence electrons. The number of amides is 1. The molecular weight excluding hydrogens is 339 g/mol. The third-order valence-corrected chi connectivity index (χ3v) is 4.62. The molecule has 0 aliphatic carbocycles. The Balaban J connectivity index is 1.80. The summed E-state index contributed by atoms with van der Waals surface area (Å²) in [4.78, 5) is 12.6. The van der Waals surface area contributed by atoms with Crippen LogP contribution >= 0.6 is 0 Å². The molecule has 3 N–H and O–H groups in total. The van der Waals surface area contributed by atoms with Crippen molar-refractivity contribution in [3.8, 4) is 0 Å². The smallest absolute Gasteiger partial charge is 0.282 e. The number of carbonyl (C=O) groups is 1. The van der Waals surface area contributed by atoms with Gasteiger partial charge in [-0.2, -0.15) is 0 Å². The summed E-state index contributed by atoms with van der Waals surface area (Å²) in [6.45, 7) is 3.88. The van der Waals surface area contributed by atoms with Crippen molar-refractivity contribution in [2.24, 2.45) is 0 Å². The zero-order chi connectivity index (χ0) is 19.2. The van der Waals surface area contributed by atoms with E-state index in [1.165, 1.54) is 11.6 Å². The molecule has 0 radical (unpaired) electrons. The van der Waals surface area contributed by atoms with Gasteiger partial charge in [0, 0.05) is 11.1 Å². The lowest BCUT2D eigenvalue weighted by Gasteiger charge is -2.21. The highest BCUT2D eigenvalue weighted by Gasteiger charge is 2.25. The predicted octanol–water partition coefficient (Wildman–Crippen LogP) is 3.81. The third kappa shape index (κ3) is 4.80. The average Bonchev–Trinajstić information content (AvgIpc) is 2.69. The van der Waals surface area contributed by atoms with Gasteiger partial charge in [-0.05, 0) is 26.0 Å². The first-order chi connectivity index (χ1) is 13.0. The zero-order valence-corrected chi connectivity index (χ0v) is 15.5. The number of para-hydroxylation sites is 1. The number of nitrogens with two attached hydrogens (primary N) is 1. The molecule has 0 bridgehead atoms. The van der Waals surface area contributed by atoms with Crippen LogP contribution in [0.5, 0.6) is 0 Å². The number of halogens is 1. The lowest BCUT2D eigenvalue weighted by atomic mass is 9.97. The highest BCUT2D eigenvalue weighted by atomic mass is 19.1. The minimum atomic E-state index is -0.434. The number of nitrogens with one attached hydrogen (secondary N) is 1. The number of benzene rings is 3. The molecule has 0 unspecified atom stereocenters. The van der Waals surface area contributed by atoms with Crippen LogP contribution in [0.3, 0.4) is 0 Å². The summed E-state index contributed by atoms with van der Waals surface area (Å²) in [6.07, 6.45) is 0. The zero-order valence-electron chi connectivity index (χ0n) is 15.5. The van der Waals surface area contributed by atoms with E-state index in [9.17, 15) is 9.18 Å². The molecular formula is C23H24FN2O+. The van der Waals surface area contributed by atoms with Gasteiger partial charge < -0.3 is 10.6 Å². The maximum absolute atomic E-state index is 13.8. The van der Waals surface area contributed by atoms with Gasteiger partial charge in [-0.3, -0.25) is 4.79 Å². The van der Waals surface area contributed by atoms with Crippen molar-refractivity contribution < 1.29 is 14.5 Å². The van der Waals surface area contributed by atoms with Crippen molar-refractivity contribution in [1.82, 2.24) is 0 Å². The Hall–Kier alpha value is -2.98. The molecule has 0 saturated carbocycles. The monoisotopic (exact) mass is 363 g/mol. The Labute approximate surface area is 159 Å². The Kier molecular flexibility index (Phi) is 5.99. The number of aryl methyl sites for hydroxylation is 1. The Bertz CT molecular complexity index is 894. The fraction of sp³-hybridized carbons (Fsp3) is 0.174. The number of carbonyl (C=O) groups excluding carboxylic acids is 1. The van der Waals surface area contributed by atoms with Gasteiger partial charge in [0.15, 0.2) is 6.04 Å². The van der Waals surface area contributed by atoms with E-state index in [1.807, 2.05) is 30.4 Å². The maximum atomic E-state index is 13.8. The maximum Gasteiger partial charge on any atom is 0.282 e. The number of rotatable bonds is 6. The van der Waals surface area contributed by atoms with Gasteiger partial charge >= 0.3 is 0 Å². The van der Waals surface area contributed by atoms with E-state index in [0.717, 1.165) is 11.1 Å². The van der Waals surface area contributed by atoms with Crippen molar-refractivity contribution in [3.05, 3.63) is 101 Å². The van der Waals surface area contributed by atoms with Crippen LogP contribution in [0.4, 0.5) is 10.1 Å². The molecule has 3 aromatic carbocycles. The van der Waals surface area contributed by atoms with Crippen molar-refractivity contribution in [3.63, 3.8) is 0 Å². The molecule has 0 saturated heterocycles. The standard InChI is InChI=1S/C23H23FN2O/c1-16-12-14-19(15-13-16)22(18-8-4-3-5-9-18)25-17(2)23(27)26-21-11-7-6-10-20(21)24/h3-15,17,22,25H,1-2H3,(H,26,27)/p+1/t17-,22+/m1/s1. The Morgan fingerprint density at radius 3 is 2.15 bits per heavy atom. The van der Waals surface area contributed by atoms with Crippen LogP contribution in [-0.4, -0.2) is 11.9 Å². The molecule has 2 atom stereocenters. The minimum absolute atomic E-state index is 0.0202.